The molecule has 0 radical (unpaired) electrons. The Morgan fingerprint density at radius 3 is 2.00 bits per heavy atom. The molecule has 3 aromatic carbocycles. The largest absolute Gasteiger partial charge is 0.243 e. The molecule has 1 aromatic heterocycles. The van der Waals surface area contributed by atoms with Crippen molar-refractivity contribution in [3.8, 4) is 32.0 Å². The molecule has 0 bridgehead atoms. The van der Waals surface area contributed by atoms with Gasteiger partial charge < -0.3 is 0 Å². The summed E-state index contributed by atoms with van der Waals surface area (Å²) in [7, 11) is 0. The molecule has 0 amide bonds. The van der Waals surface area contributed by atoms with Crippen LogP contribution in [-0.4, -0.2) is 0 Å². The van der Waals surface area contributed by atoms with Crippen molar-refractivity contribution in [2.45, 2.75) is 6.42 Å². The van der Waals surface area contributed by atoms with Crippen LogP contribution >= 0.6 is 11.3 Å². The third-order valence-electron chi connectivity index (χ3n) is 4.86. The molecule has 25 heavy (non-hydrogen) atoms. The molecule has 1 aliphatic rings. The predicted octanol–water partition coefficient (Wildman–Crippen LogP) is 6.93. The summed E-state index contributed by atoms with van der Waals surface area (Å²) in [5.41, 5.74) is 8.27. The van der Waals surface area contributed by atoms with Crippen LogP contribution in [0.2, 0.25) is 0 Å². The fourth-order valence-electron chi connectivity index (χ4n) is 3.64. The smallest absolute Gasteiger partial charge is 0.0622 e. The Kier molecular flexibility index (Phi) is 3.46. The molecule has 4 aromatic rings. The van der Waals surface area contributed by atoms with Gasteiger partial charge in [0.1, 0.15) is 0 Å². The van der Waals surface area contributed by atoms with Gasteiger partial charge >= 0.3 is 0 Å². The summed E-state index contributed by atoms with van der Waals surface area (Å²) in [6.07, 6.45) is 1.03. The number of fused-ring (bicyclic) bond motifs is 3. The molecule has 0 spiro atoms. The van der Waals surface area contributed by atoms with Crippen molar-refractivity contribution in [3.05, 3.63) is 102 Å². The van der Waals surface area contributed by atoms with Gasteiger partial charge in [-0.2, -0.15) is 0 Å². The van der Waals surface area contributed by atoms with E-state index in [0.29, 0.717) is 0 Å². The van der Waals surface area contributed by atoms with Gasteiger partial charge in [-0.25, -0.2) is 0 Å². The molecule has 0 saturated heterocycles. The van der Waals surface area contributed by atoms with E-state index in [9.17, 15) is 0 Å². The highest BCUT2D eigenvalue weighted by atomic mass is 32.1. The molecule has 1 heteroatoms. The molecule has 0 fully saturated rings. The van der Waals surface area contributed by atoms with Gasteiger partial charge in [-0.15, -0.1) is 0 Å². The van der Waals surface area contributed by atoms with Gasteiger partial charge in [0.15, 0.2) is 0 Å². The lowest BCUT2D eigenvalue weighted by Crippen LogP contribution is -1.88. The van der Waals surface area contributed by atoms with E-state index in [1.54, 1.807) is 0 Å². The lowest BCUT2D eigenvalue weighted by Gasteiger charge is -2.06. The Labute approximate surface area is 152 Å². The molecule has 0 atom stereocenters. The molecule has 118 valence electrons. The first kappa shape index (κ1) is 14.6. The lowest BCUT2D eigenvalue weighted by molar-refractivity contribution is 1.27. The first-order chi connectivity index (χ1) is 12.4. The maximum absolute atomic E-state index is 2.38. The molecule has 0 nitrogen and oxygen atoms in total. The average molecular weight is 337 g/mol. The Morgan fingerprint density at radius 2 is 1.24 bits per heavy atom. The maximum Gasteiger partial charge on any atom is 0.243 e. The van der Waals surface area contributed by atoms with E-state index in [2.05, 4.69) is 91.0 Å². The molecule has 1 aliphatic carbocycles. The van der Waals surface area contributed by atoms with Gasteiger partial charge in [0, 0.05) is 29.2 Å². The van der Waals surface area contributed by atoms with Gasteiger partial charge in [0.2, 0.25) is 21.1 Å². The third kappa shape index (κ3) is 2.48. The monoisotopic (exact) mass is 337 g/mol. The topological polar surface area (TPSA) is 0 Å². The zero-order valence-corrected chi connectivity index (χ0v) is 14.6. The predicted molar refractivity (Wildman–Crippen MR) is 108 cm³/mol. The zero-order valence-electron chi connectivity index (χ0n) is 13.8. The maximum atomic E-state index is 2.38. The van der Waals surface area contributed by atoms with Crippen LogP contribution in [0, 0.1) is 0 Å². The second-order valence-electron chi connectivity index (χ2n) is 6.40. The van der Waals surface area contributed by atoms with Gasteiger partial charge in [-0.3, -0.25) is 0 Å². The highest BCUT2D eigenvalue weighted by molar-refractivity contribution is 7.18. The van der Waals surface area contributed by atoms with Crippen molar-refractivity contribution in [1.82, 2.24) is 0 Å². The van der Waals surface area contributed by atoms with Gasteiger partial charge in [0.25, 0.3) is 0 Å². The number of hydrogen-bond acceptors (Lipinski definition) is 0. The Morgan fingerprint density at radius 1 is 0.600 bits per heavy atom. The number of benzene rings is 3. The SMILES string of the molecule is c1ccc(-c2cc(-c3ccccc3)c3c([s+]2)-c2ccccc2C3)cc1. The molecular formula is C24H17S+. The fourth-order valence-corrected chi connectivity index (χ4v) is 4.91. The van der Waals surface area contributed by atoms with Crippen molar-refractivity contribution >= 4 is 11.3 Å². The molecule has 5 rings (SSSR count). The summed E-state index contributed by atoms with van der Waals surface area (Å²) in [6, 6.07) is 32.7. The Bertz CT molecular complexity index is 1050. The summed E-state index contributed by atoms with van der Waals surface area (Å²) in [5.74, 6) is 0. The molecule has 0 aliphatic heterocycles. The Balaban J connectivity index is 1.80. The average Bonchev–Trinajstić information content (AvgIpc) is 3.07. The number of rotatable bonds is 2. The van der Waals surface area contributed by atoms with Crippen LogP contribution in [0.1, 0.15) is 11.1 Å². The fraction of sp³-hybridized carbons (Fsp3) is 0.0417. The molecule has 1 heterocycles. The van der Waals surface area contributed by atoms with Gasteiger partial charge in [-0.1, -0.05) is 66.7 Å². The van der Waals surface area contributed by atoms with Gasteiger partial charge in [0.05, 0.1) is 0 Å². The van der Waals surface area contributed by atoms with Crippen LogP contribution < -0.4 is 0 Å². The van der Waals surface area contributed by atoms with E-state index in [4.69, 9.17) is 0 Å². The van der Waals surface area contributed by atoms with Crippen LogP contribution in [0.4, 0.5) is 0 Å². The van der Waals surface area contributed by atoms with Crippen LogP contribution in [0.25, 0.3) is 32.0 Å². The second kappa shape index (κ2) is 5.94. The first-order valence-electron chi connectivity index (χ1n) is 8.59. The quantitative estimate of drug-likeness (QED) is 0.306. The van der Waals surface area contributed by atoms with Crippen molar-refractivity contribution in [2.75, 3.05) is 0 Å². The summed E-state index contributed by atoms with van der Waals surface area (Å²) in [5, 5.41) is 0. The van der Waals surface area contributed by atoms with E-state index < -0.39 is 0 Å². The van der Waals surface area contributed by atoms with Crippen LogP contribution in [0.5, 0.6) is 0 Å². The van der Waals surface area contributed by atoms with Crippen molar-refractivity contribution in [3.63, 3.8) is 0 Å². The summed E-state index contributed by atoms with van der Waals surface area (Å²) >= 11 is 1.92. The Hall–Kier alpha value is -2.77. The van der Waals surface area contributed by atoms with E-state index in [1.165, 1.54) is 43.1 Å². The molecule has 0 N–H and O–H groups in total. The zero-order chi connectivity index (χ0) is 16.6. The van der Waals surface area contributed by atoms with E-state index in [0.717, 1.165) is 6.42 Å². The molecule has 0 unspecified atom stereocenters. The summed E-state index contributed by atoms with van der Waals surface area (Å²) < 4.78 is 0. The summed E-state index contributed by atoms with van der Waals surface area (Å²) in [6.45, 7) is 0. The minimum Gasteiger partial charge on any atom is -0.0622 e. The third-order valence-corrected chi connectivity index (χ3v) is 6.10. The minimum absolute atomic E-state index is 1.03. The van der Waals surface area contributed by atoms with E-state index >= 15 is 0 Å². The van der Waals surface area contributed by atoms with E-state index in [1.807, 2.05) is 11.3 Å². The molecule has 0 saturated carbocycles. The first-order valence-corrected chi connectivity index (χ1v) is 9.41. The normalized spacial score (nSPS) is 11.8. The minimum atomic E-state index is 1.03. The van der Waals surface area contributed by atoms with Crippen molar-refractivity contribution in [2.24, 2.45) is 0 Å². The standard InChI is InChI=1S/C24H17S/c1-3-9-17(10-4-1)21-16-23(18-11-5-2-6-12-18)25-24-20-14-8-7-13-19(20)15-22(21)24/h1-14,16H,15H2/q+1. The second-order valence-corrected chi connectivity index (χ2v) is 7.45. The lowest BCUT2D eigenvalue weighted by atomic mass is 9.99. The highest BCUT2D eigenvalue weighted by Gasteiger charge is 2.31. The highest BCUT2D eigenvalue weighted by Crippen LogP contribution is 2.47. The van der Waals surface area contributed by atoms with Gasteiger partial charge in [-0.05, 0) is 34.9 Å². The van der Waals surface area contributed by atoms with Crippen LogP contribution in [0.3, 0.4) is 0 Å². The van der Waals surface area contributed by atoms with E-state index in [-0.39, 0.29) is 0 Å². The number of hydrogen-bond donors (Lipinski definition) is 0. The van der Waals surface area contributed by atoms with Crippen molar-refractivity contribution < 1.29 is 0 Å². The van der Waals surface area contributed by atoms with Crippen LogP contribution in [0.15, 0.2) is 91.0 Å². The van der Waals surface area contributed by atoms with Crippen molar-refractivity contribution in [1.29, 1.82) is 0 Å². The summed E-state index contributed by atoms with van der Waals surface area (Å²) in [4.78, 5) is 2.76. The van der Waals surface area contributed by atoms with Crippen LogP contribution in [-0.2, 0) is 6.42 Å². The molecular weight excluding hydrogens is 320 g/mol.